The summed E-state index contributed by atoms with van der Waals surface area (Å²) in [5.74, 6) is -0.276. The average molecular weight is 323 g/mol. The van der Waals surface area contributed by atoms with Crippen LogP contribution in [0.2, 0.25) is 0 Å². The van der Waals surface area contributed by atoms with Crippen LogP contribution < -0.4 is 5.32 Å². The Kier molecular flexibility index (Phi) is 8.19. The van der Waals surface area contributed by atoms with Gasteiger partial charge in [0.2, 0.25) is 5.91 Å². The van der Waals surface area contributed by atoms with Crippen LogP contribution in [0.3, 0.4) is 0 Å². The number of thioether (sulfide) groups is 1. The molecule has 5 unspecified atom stereocenters. The average Bonchev–Trinajstić information content (AvgIpc) is 2.49. The zero-order valence-corrected chi connectivity index (χ0v) is 12.4. The molecule has 9 heteroatoms. The van der Waals surface area contributed by atoms with Crippen LogP contribution in [-0.2, 0) is 14.3 Å². The van der Waals surface area contributed by atoms with E-state index in [1.165, 1.54) is 17.8 Å². The summed E-state index contributed by atoms with van der Waals surface area (Å²) in [6.45, 7) is -0.283. The molecule has 0 aliphatic carbocycles. The molecule has 1 saturated heterocycles. The van der Waals surface area contributed by atoms with Crippen LogP contribution in [0.4, 0.5) is 0 Å². The minimum atomic E-state index is -1.47. The van der Waals surface area contributed by atoms with E-state index < -0.39 is 37.3 Å². The van der Waals surface area contributed by atoms with Crippen molar-refractivity contribution in [3.63, 3.8) is 0 Å². The van der Waals surface area contributed by atoms with Gasteiger partial charge in [-0.25, -0.2) is 0 Å². The maximum absolute atomic E-state index is 11.3. The maximum Gasteiger partial charge on any atom is 0.244 e. The lowest BCUT2D eigenvalue weighted by molar-refractivity contribution is -0.300. The summed E-state index contributed by atoms with van der Waals surface area (Å²) >= 11 is 1.39. The number of ether oxygens (including phenoxy) is 2. The van der Waals surface area contributed by atoms with Crippen LogP contribution in [0.15, 0.2) is 11.5 Å². The molecule has 1 amide bonds. The van der Waals surface area contributed by atoms with Crippen LogP contribution in [-0.4, -0.2) is 83.1 Å². The van der Waals surface area contributed by atoms with Crippen molar-refractivity contribution >= 4 is 17.7 Å². The summed E-state index contributed by atoms with van der Waals surface area (Å²) in [4.78, 5) is 11.3. The van der Waals surface area contributed by atoms with Crippen LogP contribution in [0.5, 0.6) is 0 Å². The van der Waals surface area contributed by atoms with Gasteiger partial charge in [0.15, 0.2) is 6.29 Å². The molecule has 1 aliphatic heterocycles. The van der Waals surface area contributed by atoms with Gasteiger partial charge in [-0.15, -0.1) is 11.8 Å². The predicted octanol–water partition coefficient (Wildman–Crippen LogP) is -2.20. The van der Waals surface area contributed by atoms with Gasteiger partial charge in [-0.1, -0.05) is 0 Å². The second-order valence-corrected chi connectivity index (χ2v) is 5.14. The van der Waals surface area contributed by atoms with Gasteiger partial charge in [0, 0.05) is 12.6 Å². The van der Waals surface area contributed by atoms with E-state index in [1.807, 2.05) is 6.26 Å². The van der Waals surface area contributed by atoms with Gasteiger partial charge in [-0.3, -0.25) is 4.79 Å². The van der Waals surface area contributed by atoms with E-state index in [2.05, 4.69) is 5.32 Å². The molecule has 0 spiro atoms. The van der Waals surface area contributed by atoms with Crippen molar-refractivity contribution in [1.82, 2.24) is 5.32 Å². The third-order valence-corrected chi connectivity index (χ3v) is 3.30. The molecule has 0 saturated carbocycles. The molecule has 8 nitrogen and oxygen atoms in total. The van der Waals surface area contributed by atoms with Crippen LogP contribution >= 0.6 is 11.8 Å². The lowest BCUT2D eigenvalue weighted by Crippen LogP contribution is -2.59. The van der Waals surface area contributed by atoms with Crippen molar-refractivity contribution in [3.05, 3.63) is 11.5 Å². The fraction of sp³-hybridized carbons (Fsp3) is 0.750. The number of hydrogen-bond acceptors (Lipinski definition) is 8. The quantitative estimate of drug-likeness (QED) is 0.264. The van der Waals surface area contributed by atoms with Gasteiger partial charge >= 0.3 is 0 Å². The third kappa shape index (κ3) is 5.55. The minimum Gasteiger partial charge on any atom is -0.394 e. The lowest BCUT2D eigenvalue weighted by atomic mass is 9.99. The van der Waals surface area contributed by atoms with Gasteiger partial charge < -0.3 is 35.2 Å². The number of aliphatic hydroxyl groups is 4. The van der Waals surface area contributed by atoms with E-state index in [-0.39, 0.29) is 19.1 Å². The summed E-state index contributed by atoms with van der Waals surface area (Å²) in [7, 11) is 0. The molecule has 0 radical (unpaired) electrons. The predicted molar refractivity (Wildman–Crippen MR) is 75.4 cm³/mol. The fourth-order valence-corrected chi connectivity index (χ4v) is 2.00. The molecule has 1 heterocycles. The Labute approximate surface area is 126 Å². The van der Waals surface area contributed by atoms with E-state index in [1.54, 1.807) is 5.41 Å². The monoisotopic (exact) mass is 323 g/mol. The van der Waals surface area contributed by atoms with Crippen molar-refractivity contribution in [2.24, 2.45) is 0 Å². The molecule has 0 aromatic carbocycles. The molecule has 1 aliphatic rings. The standard InChI is InChI=1S/C12H21NO7S/c1-21-5-2-8(15)13-3-4-19-12-11(18)10(17)9(16)7(6-14)20-12/h2,5,7,9-12,14,16-18H,3-4,6H2,1H3,(H,13,15). The second kappa shape index (κ2) is 9.36. The summed E-state index contributed by atoms with van der Waals surface area (Å²) in [6, 6.07) is 0. The van der Waals surface area contributed by atoms with Gasteiger partial charge in [0.1, 0.15) is 24.4 Å². The lowest BCUT2D eigenvalue weighted by Gasteiger charge is -2.39. The molecule has 21 heavy (non-hydrogen) atoms. The molecular weight excluding hydrogens is 302 g/mol. The van der Waals surface area contributed by atoms with Crippen LogP contribution in [0.25, 0.3) is 0 Å². The van der Waals surface area contributed by atoms with Crippen LogP contribution in [0, 0.1) is 0 Å². The maximum atomic E-state index is 11.3. The molecule has 1 rings (SSSR count). The summed E-state index contributed by atoms with van der Waals surface area (Å²) in [5.41, 5.74) is 0. The summed E-state index contributed by atoms with van der Waals surface area (Å²) in [6.07, 6.45) is -3.31. The van der Waals surface area contributed by atoms with E-state index in [0.717, 1.165) is 0 Å². The van der Waals surface area contributed by atoms with Crippen molar-refractivity contribution in [2.45, 2.75) is 30.7 Å². The number of carbonyl (C=O) groups excluding carboxylic acids is 1. The van der Waals surface area contributed by atoms with E-state index in [9.17, 15) is 20.1 Å². The number of aliphatic hydroxyl groups excluding tert-OH is 4. The Morgan fingerprint density at radius 3 is 2.67 bits per heavy atom. The minimum absolute atomic E-state index is 0.0432. The molecule has 1 fully saturated rings. The van der Waals surface area contributed by atoms with Crippen molar-refractivity contribution < 1.29 is 34.7 Å². The van der Waals surface area contributed by atoms with Gasteiger partial charge in [0.05, 0.1) is 13.2 Å². The van der Waals surface area contributed by atoms with Crippen molar-refractivity contribution in [3.8, 4) is 0 Å². The van der Waals surface area contributed by atoms with Gasteiger partial charge in [-0.2, -0.15) is 0 Å². The number of amides is 1. The zero-order chi connectivity index (χ0) is 15.8. The third-order valence-electron chi connectivity index (χ3n) is 2.89. The first kappa shape index (κ1) is 18.4. The van der Waals surface area contributed by atoms with E-state index in [4.69, 9.17) is 14.6 Å². The van der Waals surface area contributed by atoms with Crippen molar-refractivity contribution in [1.29, 1.82) is 0 Å². The molecule has 0 aromatic rings. The number of carbonyl (C=O) groups is 1. The normalized spacial score (nSPS) is 33.3. The Bertz CT molecular complexity index is 352. The smallest absolute Gasteiger partial charge is 0.244 e. The molecule has 122 valence electrons. The first-order chi connectivity index (χ1) is 10.0. The highest BCUT2D eigenvalue weighted by atomic mass is 32.2. The fourth-order valence-electron chi connectivity index (χ4n) is 1.74. The molecule has 0 bridgehead atoms. The first-order valence-corrected chi connectivity index (χ1v) is 7.69. The van der Waals surface area contributed by atoms with E-state index >= 15 is 0 Å². The molecular formula is C12H21NO7S. The highest BCUT2D eigenvalue weighted by molar-refractivity contribution is 8.01. The largest absolute Gasteiger partial charge is 0.394 e. The molecule has 5 N–H and O–H groups in total. The zero-order valence-electron chi connectivity index (χ0n) is 11.6. The SMILES string of the molecule is CSC=CC(=O)NCCOC1OC(CO)C(O)C(O)C1O. The molecule has 0 aromatic heterocycles. The van der Waals surface area contributed by atoms with Gasteiger partial charge in [0.25, 0.3) is 0 Å². The number of rotatable bonds is 7. The Hall–Kier alpha value is -0.680. The Morgan fingerprint density at radius 2 is 2.05 bits per heavy atom. The molecule has 5 atom stereocenters. The summed E-state index contributed by atoms with van der Waals surface area (Å²) in [5, 5.41) is 42.0. The van der Waals surface area contributed by atoms with Gasteiger partial charge in [-0.05, 0) is 11.7 Å². The highest BCUT2D eigenvalue weighted by Crippen LogP contribution is 2.21. The van der Waals surface area contributed by atoms with Crippen molar-refractivity contribution in [2.75, 3.05) is 26.0 Å². The Balaban J connectivity index is 2.34. The second-order valence-electron chi connectivity index (χ2n) is 4.40. The first-order valence-electron chi connectivity index (χ1n) is 6.40. The number of hydrogen-bond donors (Lipinski definition) is 5. The highest BCUT2D eigenvalue weighted by Gasteiger charge is 2.43. The van der Waals surface area contributed by atoms with E-state index in [0.29, 0.717) is 0 Å². The van der Waals surface area contributed by atoms with Crippen LogP contribution in [0.1, 0.15) is 0 Å². The Morgan fingerprint density at radius 1 is 1.33 bits per heavy atom. The topological polar surface area (TPSA) is 128 Å². The summed E-state index contributed by atoms with van der Waals surface area (Å²) < 4.78 is 10.3. The number of nitrogens with one attached hydrogen (secondary N) is 1.